The highest BCUT2D eigenvalue weighted by molar-refractivity contribution is 6.30. The monoisotopic (exact) mass is 373 g/mol. The van der Waals surface area contributed by atoms with Crippen molar-refractivity contribution in [2.45, 2.75) is 74.8 Å². The number of halogens is 1. The number of nitrogens with zero attached hydrogens (tertiary/aromatic N) is 1. The molecule has 25 heavy (non-hydrogen) atoms. The Labute approximate surface area is 163 Å². The first-order chi connectivity index (χ1) is 12.0. The van der Waals surface area contributed by atoms with E-state index in [0.29, 0.717) is 0 Å². The number of hydrogen-bond acceptors (Lipinski definition) is 2. The number of hydrogen-bond donors (Lipinski definition) is 0. The lowest BCUT2D eigenvalue weighted by Gasteiger charge is -2.30. The normalized spacial score (nSPS) is 13.6. The van der Waals surface area contributed by atoms with Crippen LogP contribution in [0.2, 0.25) is 5.02 Å². The predicted octanol–water partition coefficient (Wildman–Crippen LogP) is 7.22. The molecule has 0 unspecified atom stereocenters. The van der Waals surface area contributed by atoms with Crippen LogP contribution in [-0.4, -0.2) is 32.2 Å². The summed E-state index contributed by atoms with van der Waals surface area (Å²) in [7, 11) is 3.25. The zero-order chi connectivity index (χ0) is 20.3. The fraction of sp³-hybridized carbons (Fsp3) is 0.727. The maximum atomic E-state index is 6.07. The topological polar surface area (TPSA) is 12.5 Å². The number of methoxy groups -OCH3 is 1. The number of benzene rings is 1. The van der Waals surface area contributed by atoms with Crippen LogP contribution < -0.4 is 0 Å². The van der Waals surface area contributed by atoms with Gasteiger partial charge in [0.15, 0.2) is 0 Å². The summed E-state index contributed by atoms with van der Waals surface area (Å²) in [5, 5.41) is 0.861. The van der Waals surface area contributed by atoms with Gasteiger partial charge in [-0.1, -0.05) is 66.1 Å². The molecule has 0 spiro atoms. The molecule has 0 aromatic heterocycles. The zero-order valence-corrected chi connectivity index (χ0v) is 19.3. The molecule has 0 radical (unpaired) electrons. The van der Waals surface area contributed by atoms with Crippen molar-refractivity contribution in [1.29, 1.82) is 0 Å². The van der Waals surface area contributed by atoms with Crippen molar-refractivity contribution in [2.75, 3.05) is 27.3 Å². The number of rotatable bonds is 2. The first kappa shape index (κ1) is 29.2. The molecule has 1 heterocycles. The summed E-state index contributed by atoms with van der Waals surface area (Å²) in [6.45, 7) is 20.0. The van der Waals surface area contributed by atoms with Gasteiger partial charge < -0.3 is 4.74 Å². The van der Waals surface area contributed by atoms with Crippen LogP contribution in [0.5, 0.6) is 0 Å². The summed E-state index contributed by atoms with van der Waals surface area (Å²) in [5.74, 6) is 0.900. The summed E-state index contributed by atoms with van der Waals surface area (Å²) < 4.78 is 4.25. The highest BCUT2D eigenvalue weighted by Crippen LogP contribution is 2.20. The van der Waals surface area contributed by atoms with Crippen LogP contribution in [0.4, 0.5) is 0 Å². The maximum Gasteiger partial charge on any atom is 0.0411 e. The van der Waals surface area contributed by atoms with Crippen LogP contribution in [0.1, 0.15) is 72.4 Å². The quantitative estimate of drug-likeness (QED) is 0.542. The Morgan fingerprint density at radius 3 is 1.80 bits per heavy atom. The first-order valence-corrected chi connectivity index (χ1v) is 10.3. The van der Waals surface area contributed by atoms with Gasteiger partial charge in [-0.25, -0.2) is 0 Å². The number of piperidine rings is 1. The predicted molar refractivity (Wildman–Crippen MR) is 117 cm³/mol. The Balaban J connectivity index is -0.000000464. The largest absolute Gasteiger partial charge is 0.388 e. The highest BCUT2D eigenvalue weighted by atomic mass is 35.5. The molecular formula is C22H44ClNO. The Morgan fingerprint density at radius 2 is 1.40 bits per heavy atom. The van der Waals surface area contributed by atoms with Crippen LogP contribution in [-0.2, 0) is 11.3 Å². The van der Waals surface area contributed by atoms with Gasteiger partial charge in [0, 0.05) is 25.8 Å². The molecule has 0 atom stereocenters. The standard InChI is InChI=1S/C14H20ClN.C2H6O.3C2H6/c1-11-3-5-16(6-4-11)10-13-7-12(2)8-14(15)9-13;1-3-2;3*1-2/h7-9,11H,3-6,10H2,1-2H3;1-2H3;3*1-2H3. The summed E-state index contributed by atoms with van der Waals surface area (Å²) in [4.78, 5) is 2.53. The number of ether oxygens (including phenoxy) is 1. The van der Waals surface area contributed by atoms with E-state index >= 15 is 0 Å². The van der Waals surface area contributed by atoms with Crippen molar-refractivity contribution < 1.29 is 4.74 Å². The van der Waals surface area contributed by atoms with E-state index in [2.05, 4.69) is 35.6 Å². The van der Waals surface area contributed by atoms with Gasteiger partial charge in [0.2, 0.25) is 0 Å². The molecule has 0 bridgehead atoms. The van der Waals surface area contributed by atoms with E-state index in [1.165, 1.54) is 37.1 Å². The second-order valence-corrected chi connectivity index (χ2v) is 5.94. The molecule has 1 aromatic rings. The Kier molecular flexibility index (Phi) is 25.1. The molecule has 0 amide bonds. The maximum absolute atomic E-state index is 6.07. The van der Waals surface area contributed by atoms with E-state index in [1.807, 2.05) is 47.6 Å². The van der Waals surface area contributed by atoms with Crippen LogP contribution in [0.3, 0.4) is 0 Å². The molecule has 3 heteroatoms. The van der Waals surface area contributed by atoms with Crippen LogP contribution in [0, 0.1) is 12.8 Å². The molecular weight excluding hydrogens is 330 g/mol. The summed E-state index contributed by atoms with van der Waals surface area (Å²) in [6, 6.07) is 6.35. The summed E-state index contributed by atoms with van der Waals surface area (Å²) in [6.07, 6.45) is 2.67. The van der Waals surface area contributed by atoms with E-state index in [9.17, 15) is 0 Å². The lowest BCUT2D eigenvalue weighted by molar-refractivity contribution is 0.185. The lowest BCUT2D eigenvalue weighted by atomic mass is 9.99. The fourth-order valence-electron chi connectivity index (χ4n) is 2.38. The van der Waals surface area contributed by atoms with Gasteiger partial charge in [0.25, 0.3) is 0 Å². The second kappa shape index (κ2) is 21.5. The van der Waals surface area contributed by atoms with E-state index < -0.39 is 0 Å². The van der Waals surface area contributed by atoms with Gasteiger partial charge in [-0.05, 0) is 62.0 Å². The molecule has 2 rings (SSSR count). The van der Waals surface area contributed by atoms with Crippen molar-refractivity contribution in [2.24, 2.45) is 5.92 Å². The Morgan fingerprint density at radius 1 is 0.960 bits per heavy atom. The Bertz CT molecular complexity index is 354. The number of likely N-dealkylation sites (tertiary alicyclic amines) is 1. The molecule has 0 saturated carbocycles. The van der Waals surface area contributed by atoms with Crippen molar-refractivity contribution in [3.05, 3.63) is 34.3 Å². The Hall–Kier alpha value is -0.570. The van der Waals surface area contributed by atoms with Gasteiger partial charge in [0.05, 0.1) is 0 Å². The van der Waals surface area contributed by atoms with Gasteiger partial charge in [-0.15, -0.1) is 0 Å². The summed E-state index contributed by atoms with van der Waals surface area (Å²) >= 11 is 6.07. The molecule has 0 aliphatic carbocycles. The van der Waals surface area contributed by atoms with E-state index in [4.69, 9.17) is 11.6 Å². The minimum atomic E-state index is 0.861. The van der Waals surface area contributed by atoms with Gasteiger partial charge >= 0.3 is 0 Å². The van der Waals surface area contributed by atoms with Crippen molar-refractivity contribution >= 4 is 11.6 Å². The molecule has 1 fully saturated rings. The summed E-state index contributed by atoms with van der Waals surface area (Å²) in [5.41, 5.74) is 2.60. The zero-order valence-electron chi connectivity index (χ0n) is 18.6. The second-order valence-electron chi connectivity index (χ2n) is 5.50. The SMILES string of the molecule is CC.CC.CC.COC.Cc1cc(Cl)cc(CN2CCC(C)CC2)c1. The van der Waals surface area contributed by atoms with Gasteiger partial charge in [-0.2, -0.15) is 0 Å². The minimum absolute atomic E-state index is 0.861. The average molecular weight is 374 g/mol. The molecule has 1 saturated heterocycles. The molecule has 0 N–H and O–H groups in total. The number of aryl methyl sites for hydroxylation is 1. The highest BCUT2D eigenvalue weighted by Gasteiger charge is 2.15. The first-order valence-electron chi connectivity index (χ1n) is 9.93. The minimum Gasteiger partial charge on any atom is -0.388 e. The van der Waals surface area contributed by atoms with Crippen LogP contribution in [0.25, 0.3) is 0 Å². The molecule has 1 aliphatic rings. The van der Waals surface area contributed by atoms with E-state index in [-0.39, 0.29) is 0 Å². The third-order valence-electron chi connectivity index (χ3n) is 3.38. The fourth-order valence-corrected chi connectivity index (χ4v) is 2.69. The third kappa shape index (κ3) is 16.6. The third-order valence-corrected chi connectivity index (χ3v) is 3.60. The van der Waals surface area contributed by atoms with Crippen LogP contribution in [0.15, 0.2) is 18.2 Å². The molecule has 1 aliphatic heterocycles. The van der Waals surface area contributed by atoms with Crippen molar-refractivity contribution in [1.82, 2.24) is 4.90 Å². The van der Waals surface area contributed by atoms with E-state index in [0.717, 1.165) is 17.5 Å². The van der Waals surface area contributed by atoms with Gasteiger partial charge in [0.1, 0.15) is 0 Å². The van der Waals surface area contributed by atoms with Crippen molar-refractivity contribution in [3.63, 3.8) is 0 Å². The van der Waals surface area contributed by atoms with Crippen LogP contribution >= 0.6 is 11.6 Å². The molecule has 2 nitrogen and oxygen atoms in total. The average Bonchev–Trinajstić information content (AvgIpc) is 2.62. The molecule has 1 aromatic carbocycles. The van der Waals surface area contributed by atoms with E-state index in [1.54, 1.807) is 14.2 Å². The van der Waals surface area contributed by atoms with Gasteiger partial charge in [-0.3, -0.25) is 4.90 Å². The van der Waals surface area contributed by atoms with Crippen molar-refractivity contribution in [3.8, 4) is 0 Å². The smallest absolute Gasteiger partial charge is 0.0411 e. The molecule has 150 valence electrons. The lowest BCUT2D eigenvalue weighted by Crippen LogP contribution is -2.32.